The predicted molar refractivity (Wildman–Crippen MR) is 82.7 cm³/mol. The largest absolute Gasteiger partial charge is 0.341 e. The fraction of sp³-hybridized carbons (Fsp3) is 0.500. The number of carbonyl (C=O) groups is 1. The molecule has 0 saturated carbocycles. The summed E-state index contributed by atoms with van der Waals surface area (Å²) in [7, 11) is 0. The zero-order valence-corrected chi connectivity index (χ0v) is 12.6. The molecule has 1 heterocycles. The van der Waals surface area contributed by atoms with Gasteiger partial charge in [0.15, 0.2) is 0 Å². The lowest BCUT2D eigenvalue weighted by Crippen LogP contribution is -2.34. The van der Waals surface area contributed by atoms with E-state index in [1.54, 1.807) is 6.07 Å². The molecule has 1 N–H and O–H groups in total. The lowest BCUT2D eigenvalue weighted by atomic mass is 10.1. The van der Waals surface area contributed by atoms with Gasteiger partial charge in [-0.15, -0.1) is 12.4 Å². The van der Waals surface area contributed by atoms with Crippen molar-refractivity contribution in [2.24, 2.45) is 0 Å². The molecular weight excluding hydrogens is 294 g/mol. The lowest BCUT2D eigenvalue weighted by molar-refractivity contribution is -0.384. The average molecular weight is 314 g/mol. The fourth-order valence-electron chi connectivity index (χ4n) is 2.33. The van der Waals surface area contributed by atoms with E-state index >= 15 is 0 Å². The SMILES string of the molecule is Cl.O=C(CCc1cccc([N+](=O)[O-])c1)N1CCCNCC1. The first-order chi connectivity index (χ1) is 9.66. The molecule has 0 radical (unpaired) electrons. The topological polar surface area (TPSA) is 75.5 Å². The highest BCUT2D eigenvalue weighted by molar-refractivity contribution is 5.85. The normalized spacial score (nSPS) is 15.0. The van der Waals surface area contributed by atoms with Crippen LogP contribution < -0.4 is 5.32 Å². The number of nitro benzene ring substituents is 1. The first kappa shape index (κ1) is 17.4. The molecule has 0 aromatic heterocycles. The Kier molecular flexibility index (Phi) is 7.11. The molecule has 6 nitrogen and oxygen atoms in total. The van der Waals surface area contributed by atoms with Crippen molar-refractivity contribution in [1.29, 1.82) is 0 Å². The van der Waals surface area contributed by atoms with Crippen molar-refractivity contribution < 1.29 is 9.72 Å². The molecule has 1 aliphatic rings. The number of aryl methyl sites for hydroxylation is 1. The molecule has 21 heavy (non-hydrogen) atoms. The van der Waals surface area contributed by atoms with Crippen LogP contribution in [0.5, 0.6) is 0 Å². The van der Waals surface area contributed by atoms with Crippen molar-refractivity contribution in [2.45, 2.75) is 19.3 Å². The molecule has 0 spiro atoms. The van der Waals surface area contributed by atoms with E-state index in [4.69, 9.17) is 0 Å². The van der Waals surface area contributed by atoms with E-state index in [1.807, 2.05) is 11.0 Å². The molecule has 0 aliphatic carbocycles. The van der Waals surface area contributed by atoms with Crippen molar-refractivity contribution >= 4 is 24.0 Å². The van der Waals surface area contributed by atoms with Crippen LogP contribution in [0, 0.1) is 10.1 Å². The van der Waals surface area contributed by atoms with Gasteiger partial charge in [0.2, 0.25) is 5.91 Å². The minimum atomic E-state index is -0.411. The van der Waals surface area contributed by atoms with Crippen LogP contribution in [0.15, 0.2) is 24.3 Å². The van der Waals surface area contributed by atoms with Crippen molar-refractivity contribution in [2.75, 3.05) is 26.2 Å². The van der Waals surface area contributed by atoms with E-state index in [0.29, 0.717) is 12.8 Å². The molecule has 1 saturated heterocycles. The highest BCUT2D eigenvalue weighted by Gasteiger charge is 2.15. The van der Waals surface area contributed by atoms with E-state index in [9.17, 15) is 14.9 Å². The number of halogens is 1. The Labute approximate surface area is 130 Å². The van der Waals surface area contributed by atoms with Crippen molar-refractivity contribution in [3.05, 3.63) is 39.9 Å². The second-order valence-electron chi connectivity index (χ2n) is 4.91. The summed E-state index contributed by atoms with van der Waals surface area (Å²) in [4.78, 5) is 24.3. The van der Waals surface area contributed by atoms with Gasteiger partial charge in [-0.3, -0.25) is 14.9 Å². The minimum absolute atomic E-state index is 0. The van der Waals surface area contributed by atoms with Crippen LogP contribution in [-0.2, 0) is 11.2 Å². The van der Waals surface area contributed by atoms with Gasteiger partial charge in [-0.05, 0) is 24.9 Å². The van der Waals surface area contributed by atoms with Gasteiger partial charge in [-0.1, -0.05) is 12.1 Å². The van der Waals surface area contributed by atoms with Gasteiger partial charge in [0.25, 0.3) is 5.69 Å². The quantitative estimate of drug-likeness (QED) is 0.679. The average Bonchev–Trinajstić information content (AvgIpc) is 2.74. The molecule has 1 amide bonds. The molecule has 0 unspecified atom stereocenters. The maximum absolute atomic E-state index is 12.1. The zero-order chi connectivity index (χ0) is 14.4. The second kappa shape index (κ2) is 8.59. The number of non-ortho nitro benzene ring substituents is 1. The molecular formula is C14H20ClN3O3. The summed E-state index contributed by atoms with van der Waals surface area (Å²) in [6.07, 6.45) is 1.92. The summed E-state index contributed by atoms with van der Waals surface area (Å²) < 4.78 is 0. The molecule has 1 aliphatic heterocycles. The van der Waals surface area contributed by atoms with Crippen LogP contribution in [0.3, 0.4) is 0 Å². The third-order valence-electron chi connectivity index (χ3n) is 3.44. The fourth-order valence-corrected chi connectivity index (χ4v) is 2.33. The monoisotopic (exact) mass is 313 g/mol. The van der Waals surface area contributed by atoms with E-state index in [0.717, 1.165) is 38.2 Å². The van der Waals surface area contributed by atoms with Crippen LogP contribution in [0.4, 0.5) is 5.69 Å². The van der Waals surface area contributed by atoms with Crippen LogP contribution >= 0.6 is 12.4 Å². The first-order valence-corrected chi connectivity index (χ1v) is 6.88. The van der Waals surface area contributed by atoms with Gasteiger partial charge >= 0.3 is 0 Å². The molecule has 7 heteroatoms. The molecule has 0 bridgehead atoms. The van der Waals surface area contributed by atoms with E-state index < -0.39 is 4.92 Å². The van der Waals surface area contributed by atoms with Gasteiger partial charge < -0.3 is 10.2 Å². The lowest BCUT2D eigenvalue weighted by Gasteiger charge is -2.19. The number of amides is 1. The molecule has 0 atom stereocenters. The summed E-state index contributed by atoms with van der Waals surface area (Å²) >= 11 is 0. The van der Waals surface area contributed by atoms with Crippen molar-refractivity contribution in [3.63, 3.8) is 0 Å². The number of nitrogens with zero attached hydrogens (tertiary/aromatic N) is 2. The molecule has 116 valence electrons. The van der Waals surface area contributed by atoms with Crippen LogP contribution in [-0.4, -0.2) is 41.9 Å². The number of nitrogens with one attached hydrogen (secondary N) is 1. The Balaban J connectivity index is 0.00000220. The molecule has 1 aromatic rings. The standard InChI is InChI=1S/C14H19N3O3.ClH/c18-14(16-9-2-7-15-8-10-16)6-5-12-3-1-4-13(11-12)17(19)20;/h1,3-4,11,15H,2,5-10H2;1H. The summed E-state index contributed by atoms with van der Waals surface area (Å²) in [5.41, 5.74) is 0.911. The maximum Gasteiger partial charge on any atom is 0.269 e. The summed E-state index contributed by atoms with van der Waals surface area (Å²) in [5.74, 6) is 0.125. The Morgan fingerprint density at radius 1 is 1.33 bits per heavy atom. The highest BCUT2D eigenvalue weighted by atomic mass is 35.5. The number of carbonyl (C=O) groups excluding carboxylic acids is 1. The second-order valence-corrected chi connectivity index (χ2v) is 4.91. The van der Waals surface area contributed by atoms with Crippen LogP contribution in [0.2, 0.25) is 0 Å². The Bertz CT molecular complexity index is 488. The third kappa shape index (κ3) is 5.32. The van der Waals surface area contributed by atoms with Crippen LogP contribution in [0.1, 0.15) is 18.4 Å². The summed E-state index contributed by atoms with van der Waals surface area (Å²) in [6, 6.07) is 6.49. The molecule has 1 aromatic carbocycles. The number of nitro groups is 1. The van der Waals surface area contributed by atoms with Crippen molar-refractivity contribution in [3.8, 4) is 0 Å². The summed E-state index contributed by atoms with van der Waals surface area (Å²) in [6.45, 7) is 3.33. The summed E-state index contributed by atoms with van der Waals surface area (Å²) in [5, 5.41) is 14.0. The van der Waals surface area contributed by atoms with Crippen LogP contribution in [0.25, 0.3) is 0 Å². The number of hydrogen-bond acceptors (Lipinski definition) is 4. The third-order valence-corrected chi connectivity index (χ3v) is 3.44. The van der Waals surface area contributed by atoms with Gasteiger partial charge in [0.1, 0.15) is 0 Å². The molecule has 2 rings (SSSR count). The highest BCUT2D eigenvalue weighted by Crippen LogP contribution is 2.15. The van der Waals surface area contributed by atoms with Gasteiger partial charge in [-0.25, -0.2) is 0 Å². The number of hydrogen-bond donors (Lipinski definition) is 1. The Morgan fingerprint density at radius 3 is 2.90 bits per heavy atom. The van der Waals surface area contributed by atoms with E-state index in [-0.39, 0.29) is 24.0 Å². The van der Waals surface area contributed by atoms with Gasteiger partial charge in [-0.2, -0.15) is 0 Å². The van der Waals surface area contributed by atoms with E-state index in [2.05, 4.69) is 5.32 Å². The van der Waals surface area contributed by atoms with Gasteiger partial charge in [0.05, 0.1) is 4.92 Å². The first-order valence-electron chi connectivity index (χ1n) is 6.88. The van der Waals surface area contributed by atoms with Crippen molar-refractivity contribution in [1.82, 2.24) is 10.2 Å². The smallest absolute Gasteiger partial charge is 0.269 e. The number of benzene rings is 1. The predicted octanol–water partition coefficient (Wildman–Crippen LogP) is 1.77. The number of rotatable bonds is 4. The minimum Gasteiger partial charge on any atom is -0.341 e. The molecule has 1 fully saturated rings. The zero-order valence-electron chi connectivity index (χ0n) is 11.8. The maximum atomic E-state index is 12.1. The Hall–Kier alpha value is -1.66. The Morgan fingerprint density at radius 2 is 2.14 bits per heavy atom. The van der Waals surface area contributed by atoms with Gasteiger partial charge in [0, 0.05) is 38.2 Å². The van der Waals surface area contributed by atoms with E-state index in [1.165, 1.54) is 12.1 Å².